The van der Waals surface area contributed by atoms with E-state index in [0.29, 0.717) is 19.6 Å². The first-order valence-corrected chi connectivity index (χ1v) is 10.1. The third kappa shape index (κ3) is 3.93. The van der Waals surface area contributed by atoms with E-state index in [9.17, 15) is 4.79 Å². The maximum Gasteiger partial charge on any atom is 0.228 e. The van der Waals surface area contributed by atoms with Crippen LogP contribution in [0.3, 0.4) is 0 Å². The lowest BCUT2D eigenvalue weighted by Crippen LogP contribution is -2.31. The number of hydrogen-bond donors (Lipinski definition) is 1. The van der Waals surface area contributed by atoms with Gasteiger partial charge in [0.05, 0.1) is 23.5 Å². The fourth-order valence-electron chi connectivity index (χ4n) is 4.10. The maximum atomic E-state index is 13.0. The minimum Gasteiger partial charge on any atom is -0.341 e. The van der Waals surface area contributed by atoms with Crippen LogP contribution in [0, 0.1) is 19.8 Å². The minimum atomic E-state index is 0.0842. The Kier molecular flexibility index (Phi) is 5.45. The molecule has 0 saturated carbocycles. The van der Waals surface area contributed by atoms with Crippen LogP contribution in [-0.2, 0) is 11.2 Å². The van der Waals surface area contributed by atoms with Crippen LogP contribution in [0.25, 0.3) is 5.69 Å². The summed E-state index contributed by atoms with van der Waals surface area (Å²) in [5.74, 6) is 0.654. The van der Waals surface area contributed by atoms with Gasteiger partial charge < -0.3 is 10.6 Å². The molecule has 3 aromatic rings. The molecule has 0 radical (unpaired) electrons. The average Bonchev–Trinajstić information content (AvgIpc) is 3.34. The Morgan fingerprint density at radius 2 is 1.79 bits per heavy atom. The highest BCUT2D eigenvalue weighted by atomic mass is 16.2. The highest BCUT2D eigenvalue weighted by Crippen LogP contribution is 2.32. The van der Waals surface area contributed by atoms with Crippen molar-refractivity contribution in [2.24, 2.45) is 11.7 Å². The first kappa shape index (κ1) is 19.3. The summed E-state index contributed by atoms with van der Waals surface area (Å²) in [4.78, 5) is 14.9. The molecule has 0 bridgehead atoms. The molecule has 6 heteroatoms. The van der Waals surface area contributed by atoms with E-state index in [1.54, 1.807) is 4.68 Å². The molecule has 150 valence electrons. The molecule has 0 unspecified atom stereocenters. The molecule has 0 spiro atoms. The van der Waals surface area contributed by atoms with Crippen LogP contribution in [0.1, 0.15) is 28.4 Å². The molecule has 1 saturated heterocycles. The number of rotatable bonds is 5. The van der Waals surface area contributed by atoms with E-state index in [0.717, 1.165) is 17.1 Å². The monoisotopic (exact) mass is 389 g/mol. The lowest BCUT2D eigenvalue weighted by atomic mass is 9.89. The predicted molar refractivity (Wildman–Crippen MR) is 113 cm³/mol. The number of carbonyl (C=O) groups excluding carboxylic acids is 1. The number of benzene rings is 2. The molecule has 0 aliphatic carbocycles. The van der Waals surface area contributed by atoms with Gasteiger partial charge in [0.15, 0.2) is 0 Å². The second-order valence-corrected chi connectivity index (χ2v) is 7.86. The molecule has 1 aliphatic rings. The first-order chi connectivity index (χ1) is 14.1. The Morgan fingerprint density at radius 1 is 1.07 bits per heavy atom. The number of aromatic nitrogens is 3. The number of likely N-dealkylation sites (tertiary alicyclic amines) is 1. The summed E-state index contributed by atoms with van der Waals surface area (Å²) in [7, 11) is 0. The standard InChI is InChI=1S/C23H27N5O/c1-16-8-10-20(11-9-16)28-17(2)22(25-26-28)12-23(29)27-14-19(13-24)21(15-27)18-6-4-3-5-7-18/h3-11,19,21H,12-15,24H2,1-2H3/t19-,21+/m1/s1. The summed E-state index contributed by atoms with van der Waals surface area (Å²) in [6.07, 6.45) is 0.260. The van der Waals surface area contributed by atoms with Gasteiger partial charge in [-0.15, -0.1) is 5.10 Å². The lowest BCUT2D eigenvalue weighted by Gasteiger charge is -2.16. The number of nitrogens with zero attached hydrogens (tertiary/aromatic N) is 4. The summed E-state index contributed by atoms with van der Waals surface area (Å²) in [6, 6.07) is 18.5. The third-order valence-corrected chi connectivity index (χ3v) is 5.91. The van der Waals surface area contributed by atoms with Gasteiger partial charge in [0.1, 0.15) is 0 Å². The first-order valence-electron chi connectivity index (χ1n) is 10.1. The topological polar surface area (TPSA) is 77.0 Å². The molecule has 4 rings (SSSR count). The minimum absolute atomic E-state index is 0.0842. The van der Waals surface area contributed by atoms with Crippen LogP contribution in [0.5, 0.6) is 0 Å². The van der Waals surface area contributed by atoms with Crippen molar-refractivity contribution in [3.63, 3.8) is 0 Å². The zero-order valence-electron chi connectivity index (χ0n) is 17.0. The van der Waals surface area contributed by atoms with Gasteiger partial charge in [-0.1, -0.05) is 53.2 Å². The smallest absolute Gasteiger partial charge is 0.228 e. The summed E-state index contributed by atoms with van der Waals surface area (Å²) in [5.41, 5.74) is 11.0. The quantitative estimate of drug-likeness (QED) is 0.728. The van der Waals surface area contributed by atoms with Crippen molar-refractivity contribution < 1.29 is 4.79 Å². The van der Waals surface area contributed by atoms with Gasteiger partial charge in [-0.05, 0) is 44.0 Å². The second-order valence-electron chi connectivity index (χ2n) is 7.86. The van der Waals surface area contributed by atoms with Crippen LogP contribution in [-0.4, -0.2) is 45.4 Å². The largest absolute Gasteiger partial charge is 0.341 e. The van der Waals surface area contributed by atoms with E-state index in [1.807, 2.05) is 54.3 Å². The molecule has 2 aromatic carbocycles. The van der Waals surface area contributed by atoms with Crippen LogP contribution >= 0.6 is 0 Å². The zero-order chi connectivity index (χ0) is 20.4. The molecule has 2 heterocycles. The van der Waals surface area contributed by atoms with Gasteiger partial charge in [0.2, 0.25) is 5.91 Å². The summed E-state index contributed by atoms with van der Waals surface area (Å²) in [6.45, 7) is 5.99. The van der Waals surface area contributed by atoms with Crippen molar-refractivity contribution in [2.45, 2.75) is 26.2 Å². The van der Waals surface area contributed by atoms with Crippen molar-refractivity contribution in [1.82, 2.24) is 19.9 Å². The average molecular weight is 390 g/mol. The fourth-order valence-corrected chi connectivity index (χ4v) is 4.10. The number of aryl methyl sites for hydroxylation is 1. The number of nitrogens with two attached hydrogens (primary N) is 1. The van der Waals surface area contributed by atoms with Crippen molar-refractivity contribution in [1.29, 1.82) is 0 Å². The summed E-state index contributed by atoms with van der Waals surface area (Å²) in [5, 5.41) is 8.55. The molecule has 29 heavy (non-hydrogen) atoms. The third-order valence-electron chi connectivity index (χ3n) is 5.91. The molecule has 2 atom stereocenters. The van der Waals surface area contributed by atoms with E-state index in [2.05, 4.69) is 29.4 Å². The van der Waals surface area contributed by atoms with Crippen LogP contribution in [0.4, 0.5) is 0 Å². The predicted octanol–water partition coefficient (Wildman–Crippen LogP) is 2.63. The Hall–Kier alpha value is -2.99. The SMILES string of the molecule is Cc1ccc(-n2nnc(CC(=O)N3C[C@@H](CN)[C@H](c4ccccc4)C3)c2C)cc1. The summed E-state index contributed by atoms with van der Waals surface area (Å²) < 4.78 is 1.79. The number of carbonyl (C=O) groups is 1. The molecule has 2 N–H and O–H groups in total. The molecular formula is C23H27N5O. The van der Waals surface area contributed by atoms with E-state index >= 15 is 0 Å². The van der Waals surface area contributed by atoms with Gasteiger partial charge in [-0.25, -0.2) is 4.68 Å². The van der Waals surface area contributed by atoms with Gasteiger partial charge in [-0.3, -0.25) is 4.79 Å². The van der Waals surface area contributed by atoms with Gasteiger partial charge >= 0.3 is 0 Å². The Balaban J connectivity index is 1.48. The molecule has 1 aromatic heterocycles. The van der Waals surface area contributed by atoms with Gasteiger partial charge in [-0.2, -0.15) is 0 Å². The van der Waals surface area contributed by atoms with Crippen LogP contribution < -0.4 is 5.73 Å². The number of amides is 1. The maximum absolute atomic E-state index is 13.0. The molecule has 1 amide bonds. The lowest BCUT2D eigenvalue weighted by molar-refractivity contribution is -0.129. The zero-order valence-corrected chi connectivity index (χ0v) is 17.0. The Labute approximate surface area is 171 Å². The summed E-state index contributed by atoms with van der Waals surface area (Å²) >= 11 is 0. The molecule has 6 nitrogen and oxygen atoms in total. The van der Waals surface area contributed by atoms with E-state index in [1.165, 1.54) is 11.1 Å². The fraction of sp³-hybridized carbons (Fsp3) is 0.348. The second kappa shape index (κ2) is 8.17. The van der Waals surface area contributed by atoms with Crippen molar-refractivity contribution >= 4 is 5.91 Å². The van der Waals surface area contributed by atoms with Crippen LogP contribution in [0.2, 0.25) is 0 Å². The molecule has 1 aliphatic heterocycles. The number of hydrogen-bond acceptors (Lipinski definition) is 4. The van der Waals surface area contributed by atoms with E-state index < -0.39 is 0 Å². The van der Waals surface area contributed by atoms with E-state index in [-0.39, 0.29) is 24.2 Å². The van der Waals surface area contributed by atoms with Crippen molar-refractivity contribution in [3.8, 4) is 5.69 Å². The Morgan fingerprint density at radius 3 is 2.48 bits per heavy atom. The van der Waals surface area contributed by atoms with Crippen LogP contribution in [0.15, 0.2) is 54.6 Å². The highest BCUT2D eigenvalue weighted by Gasteiger charge is 2.35. The van der Waals surface area contributed by atoms with Crippen molar-refractivity contribution in [2.75, 3.05) is 19.6 Å². The van der Waals surface area contributed by atoms with Gasteiger partial charge in [0, 0.05) is 19.0 Å². The molecular weight excluding hydrogens is 362 g/mol. The molecule has 1 fully saturated rings. The Bertz CT molecular complexity index is 980. The van der Waals surface area contributed by atoms with Gasteiger partial charge in [0.25, 0.3) is 0 Å². The highest BCUT2D eigenvalue weighted by molar-refractivity contribution is 5.79. The normalized spacial score (nSPS) is 18.9. The van der Waals surface area contributed by atoms with Crippen molar-refractivity contribution in [3.05, 3.63) is 77.1 Å². The van der Waals surface area contributed by atoms with E-state index in [4.69, 9.17) is 5.73 Å².